The van der Waals surface area contributed by atoms with Gasteiger partial charge in [0, 0.05) is 59.6 Å². The van der Waals surface area contributed by atoms with Crippen LogP contribution in [-0.2, 0) is 6.42 Å². The molecule has 0 spiro atoms. The van der Waals surface area contributed by atoms with Crippen LogP contribution in [0.4, 0.5) is 5.69 Å². The van der Waals surface area contributed by atoms with Gasteiger partial charge in [0.1, 0.15) is 5.82 Å². The van der Waals surface area contributed by atoms with Crippen LogP contribution in [0, 0.1) is 0 Å². The molecule has 2 fully saturated rings. The van der Waals surface area contributed by atoms with E-state index in [0.29, 0.717) is 40.7 Å². The van der Waals surface area contributed by atoms with Crippen molar-refractivity contribution in [3.63, 3.8) is 0 Å². The standard InChI is InChI=1S/C28H37Cl2N5O/c1-20-19-35(16-15-31-20)27(18-25-5-3-2-4-13-32-25)34-24-10-7-22(8-11-24)28(36)33-14-12-21-6-9-23(29)17-26(21)30/h6-11,17-18,20,25,31-32,34H,2-5,12-16,19H2,1H3,(H,33,36)/b27-18-/t20-,25?/m0/s1. The van der Waals surface area contributed by atoms with Gasteiger partial charge in [-0.15, -0.1) is 0 Å². The Hall–Kier alpha value is -2.25. The molecule has 2 saturated heterocycles. The summed E-state index contributed by atoms with van der Waals surface area (Å²) >= 11 is 12.2. The molecule has 0 bridgehead atoms. The molecule has 0 saturated carbocycles. The molecule has 2 aliphatic rings. The maximum Gasteiger partial charge on any atom is 0.251 e. The van der Waals surface area contributed by atoms with E-state index in [1.807, 2.05) is 36.4 Å². The smallest absolute Gasteiger partial charge is 0.251 e. The van der Waals surface area contributed by atoms with Gasteiger partial charge in [0.05, 0.1) is 0 Å². The predicted molar refractivity (Wildman–Crippen MR) is 150 cm³/mol. The Morgan fingerprint density at radius 1 is 1.08 bits per heavy atom. The van der Waals surface area contributed by atoms with Crippen molar-refractivity contribution in [3.8, 4) is 0 Å². The Morgan fingerprint density at radius 2 is 1.92 bits per heavy atom. The lowest BCUT2D eigenvalue weighted by Crippen LogP contribution is -2.50. The second-order valence-electron chi connectivity index (χ2n) is 9.71. The number of nitrogens with zero attached hydrogens (tertiary/aromatic N) is 1. The molecule has 6 nitrogen and oxygen atoms in total. The van der Waals surface area contributed by atoms with Crippen molar-refractivity contribution in [3.05, 3.63) is 75.5 Å². The third kappa shape index (κ3) is 7.87. The molecule has 0 radical (unpaired) electrons. The zero-order valence-electron chi connectivity index (χ0n) is 21.0. The van der Waals surface area contributed by atoms with Crippen LogP contribution in [0.5, 0.6) is 0 Å². The Balaban J connectivity index is 1.37. The molecule has 2 atom stereocenters. The van der Waals surface area contributed by atoms with Crippen molar-refractivity contribution >= 4 is 34.8 Å². The number of rotatable bonds is 8. The molecule has 2 aromatic carbocycles. The van der Waals surface area contributed by atoms with Gasteiger partial charge >= 0.3 is 0 Å². The first-order chi connectivity index (χ1) is 17.5. The fourth-order valence-electron chi connectivity index (χ4n) is 4.76. The van der Waals surface area contributed by atoms with Crippen LogP contribution in [0.15, 0.2) is 54.4 Å². The number of nitrogens with one attached hydrogen (secondary N) is 4. The van der Waals surface area contributed by atoms with E-state index in [0.717, 1.165) is 49.7 Å². The van der Waals surface area contributed by atoms with E-state index < -0.39 is 0 Å². The Kier molecular flexibility index (Phi) is 9.93. The van der Waals surface area contributed by atoms with Crippen LogP contribution in [-0.4, -0.2) is 55.6 Å². The highest BCUT2D eigenvalue weighted by molar-refractivity contribution is 6.35. The summed E-state index contributed by atoms with van der Waals surface area (Å²) in [6, 6.07) is 13.9. The Morgan fingerprint density at radius 3 is 2.69 bits per heavy atom. The lowest BCUT2D eigenvalue weighted by Gasteiger charge is -2.36. The molecule has 0 aromatic heterocycles. The highest BCUT2D eigenvalue weighted by atomic mass is 35.5. The van der Waals surface area contributed by atoms with E-state index >= 15 is 0 Å². The second-order valence-corrected chi connectivity index (χ2v) is 10.6. The van der Waals surface area contributed by atoms with Gasteiger partial charge in [-0.3, -0.25) is 4.79 Å². The van der Waals surface area contributed by atoms with Gasteiger partial charge in [-0.05, 0) is 80.8 Å². The lowest BCUT2D eigenvalue weighted by molar-refractivity contribution is 0.0954. The number of benzene rings is 2. The van der Waals surface area contributed by atoms with Crippen LogP contribution >= 0.6 is 23.2 Å². The van der Waals surface area contributed by atoms with Crippen LogP contribution in [0.3, 0.4) is 0 Å². The summed E-state index contributed by atoms with van der Waals surface area (Å²) in [6.07, 6.45) is 7.95. The number of amides is 1. The van der Waals surface area contributed by atoms with E-state index in [2.05, 4.69) is 39.2 Å². The maximum absolute atomic E-state index is 12.7. The number of halogens is 2. The average Bonchev–Trinajstić information content (AvgIpc) is 3.14. The van der Waals surface area contributed by atoms with Crippen molar-refractivity contribution < 1.29 is 4.79 Å². The van der Waals surface area contributed by atoms with Gasteiger partial charge in [-0.1, -0.05) is 42.1 Å². The third-order valence-electron chi connectivity index (χ3n) is 6.78. The van der Waals surface area contributed by atoms with Gasteiger partial charge in [0.15, 0.2) is 0 Å². The van der Waals surface area contributed by atoms with Crippen molar-refractivity contribution in [2.75, 3.05) is 38.0 Å². The minimum Gasteiger partial charge on any atom is -0.356 e. The third-order valence-corrected chi connectivity index (χ3v) is 7.37. The molecule has 8 heteroatoms. The fraction of sp³-hybridized carbons (Fsp3) is 0.464. The summed E-state index contributed by atoms with van der Waals surface area (Å²) in [4.78, 5) is 15.1. The summed E-state index contributed by atoms with van der Waals surface area (Å²) in [5, 5.41) is 15.1. The zero-order valence-corrected chi connectivity index (χ0v) is 22.5. The molecule has 1 unspecified atom stereocenters. The quantitative estimate of drug-likeness (QED) is 0.385. The monoisotopic (exact) mass is 529 g/mol. The highest BCUT2D eigenvalue weighted by Crippen LogP contribution is 2.21. The summed E-state index contributed by atoms with van der Waals surface area (Å²) < 4.78 is 0. The predicted octanol–water partition coefficient (Wildman–Crippen LogP) is 5.05. The fourth-order valence-corrected chi connectivity index (χ4v) is 5.26. The van der Waals surface area contributed by atoms with E-state index in [9.17, 15) is 4.79 Å². The number of piperazine rings is 1. The molecular weight excluding hydrogens is 493 g/mol. The Labute approximate surface area is 224 Å². The first kappa shape index (κ1) is 26.8. The molecular formula is C28H37Cl2N5O. The first-order valence-electron chi connectivity index (χ1n) is 13.0. The van der Waals surface area contributed by atoms with Gasteiger partial charge in [-0.2, -0.15) is 0 Å². The van der Waals surface area contributed by atoms with Crippen molar-refractivity contribution in [1.82, 2.24) is 20.9 Å². The van der Waals surface area contributed by atoms with Crippen molar-refractivity contribution in [1.29, 1.82) is 0 Å². The van der Waals surface area contributed by atoms with Gasteiger partial charge < -0.3 is 26.2 Å². The SMILES string of the molecule is C[C@H]1CN(/C(=C\C2CCCCCN2)Nc2ccc(C(=O)NCCc3ccc(Cl)cc3Cl)cc2)CCN1. The highest BCUT2D eigenvalue weighted by Gasteiger charge is 2.20. The minimum absolute atomic E-state index is 0.0963. The van der Waals surface area contributed by atoms with Gasteiger partial charge in [0.25, 0.3) is 5.91 Å². The molecule has 2 aliphatic heterocycles. The summed E-state index contributed by atoms with van der Waals surface area (Å²) in [5.41, 5.74) is 2.57. The molecule has 1 amide bonds. The van der Waals surface area contributed by atoms with Crippen molar-refractivity contribution in [2.45, 2.75) is 51.1 Å². The first-order valence-corrected chi connectivity index (χ1v) is 13.8. The summed E-state index contributed by atoms with van der Waals surface area (Å²) in [5.74, 6) is 1.04. The lowest BCUT2D eigenvalue weighted by atomic mass is 10.1. The Bertz CT molecular complexity index is 1030. The largest absolute Gasteiger partial charge is 0.356 e. The maximum atomic E-state index is 12.7. The molecule has 36 heavy (non-hydrogen) atoms. The molecule has 2 aromatic rings. The average molecular weight is 531 g/mol. The van der Waals surface area contributed by atoms with Crippen LogP contribution < -0.4 is 21.3 Å². The van der Waals surface area contributed by atoms with Crippen LogP contribution in [0.1, 0.15) is 48.5 Å². The van der Waals surface area contributed by atoms with Gasteiger partial charge in [-0.25, -0.2) is 0 Å². The summed E-state index contributed by atoms with van der Waals surface area (Å²) in [6.45, 7) is 6.70. The minimum atomic E-state index is -0.0963. The van der Waals surface area contributed by atoms with E-state index in [1.165, 1.54) is 19.3 Å². The molecule has 4 rings (SSSR count). The topological polar surface area (TPSA) is 68.4 Å². The normalized spacial score (nSPS) is 21.1. The zero-order chi connectivity index (χ0) is 25.3. The summed E-state index contributed by atoms with van der Waals surface area (Å²) in [7, 11) is 0. The number of carbonyl (C=O) groups is 1. The number of anilines is 1. The van der Waals surface area contributed by atoms with Crippen molar-refractivity contribution in [2.24, 2.45) is 0 Å². The van der Waals surface area contributed by atoms with Gasteiger partial charge in [0.2, 0.25) is 0 Å². The van der Waals surface area contributed by atoms with E-state index in [-0.39, 0.29) is 5.91 Å². The van der Waals surface area contributed by atoms with Crippen LogP contribution in [0.2, 0.25) is 10.0 Å². The number of hydrogen-bond donors (Lipinski definition) is 4. The molecule has 194 valence electrons. The van der Waals surface area contributed by atoms with E-state index in [1.54, 1.807) is 6.07 Å². The second kappa shape index (κ2) is 13.3. The van der Waals surface area contributed by atoms with E-state index in [4.69, 9.17) is 23.2 Å². The number of carbonyl (C=O) groups excluding carboxylic acids is 1. The molecule has 4 N–H and O–H groups in total. The number of hydrogen-bond acceptors (Lipinski definition) is 5. The molecule has 2 heterocycles. The molecule has 0 aliphatic carbocycles. The van der Waals surface area contributed by atoms with Crippen LogP contribution in [0.25, 0.3) is 0 Å².